The Bertz CT molecular complexity index is 875. The highest BCUT2D eigenvalue weighted by Gasteiger charge is 2.12. The lowest BCUT2D eigenvalue weighted by Gasteiger charge is -2.26. The summed E-state index contributed by atoms with van der Waals surface area (Å²) in [6.07, 6.45) is 7.37. The second kappa shape index (κ2) is 7.70. The molecule has 4 rings (SSSR count). The number of ether oxygens (including phenoxy) is 1. The standard InChI is InChI=1S/C19H22FN5O/c20-15-5-4-6-16(13-15)26-18-14-17(19-22-8-12-25(19)23-18)21-7-11-24-9-2-1-3-10-24/h4-6,8,12-14,21H,1-3,7,9-11H2. The second-order valence-electron chi connectivity index (χ2n) is 6.48. The van der Waals surface area contributed by atoms with Gasteiger partial charge in [0.05, 0.1) is 5.69 Å². The number of hydrogen-bond acceptors (Lipinski definition) is 5. The predicted molar refractivity (Wildman–Crippen MR) is 98.2 cm³/mol. The van der Waals surface area contributed by atoms with E-state index in [0.717, 1.165) is 24.4 Å². The van der Waals surface area contributed by atoms with Crippen LogP contribution in [0.25, 0.3) is 5.65 Å². The number of imidazole rings is 1. The molecule has 0 bridgehead atoms. The van der Waals surface area contributed by atoms with Crippen molar-refractivity contribution >= 4 is 11.3 Å². The molecule has 0 saturated carbocycles. The van der Waals surface area contributed by atoms with E-state index in [0.29, 0.717) is 11.6 Å². The topological polar surface area (TPSA) is 54.7 Å². The molecule has 1 aliphatic heterocycles. The number of piperidine rings is 1. The van der Waals surface area contributed by atoms with Gasteiger partial charge in [0.25, 0.3) is 0 Å². The van der Waals surface area contributed by atoms with Gasteiger partial charge in [0.15, 0.2) is 5.65 Å². The molecule has 6 nitrogen and oxygen atoms in total. The van der Waals surface area contributed by atoms with Gasteiger partial charge < -0.3 is 15.0 Å². The van der Waals surface area contributed by atoms with Crippen LogP contribution in [0.2, 0.25) is 0 Å². The highest BCUT2D eigenvalue weighted by Crippen LogP contribution is 2.25. The third-order valence-corrected chi connectivity index (χ3v) is 4.55. The fourth-order valence-corrected chi connectivity index (χ4v) is 3.26. The lowest BCUT2D eigenvalue weighted by atomic mass is 10.1. The smallest absolute Gasteiger partial charge is 0.239 e. The van der Waals surface area contributed by atoms with E-state index in [1.165, 1.54) is 44.5 Å². The van der Waals surface area contributed by atoms with Gasteiger partial charge in [0.2, 0.25) is 5.88 Å². The molecule has 7 heteroatoms. The third kappa shape index (κ3) is 3.94. The van der Waals surface area contributed by atoms with E-state index in [4.69, 9.17) is 4.74 Å². The number of nitrogens with one attached hydrogen (secondary N) is 1. The largest absolute Gasteiger partial charge is 0.437 e. The first-order chi connectivity index (χ1) is 12.8. The second-order valence-corrected chi connectivity index (χ2v) is 6.48. The van der Waals surface area contributed by atoms with Crippen molar-refractivity contribution in [3.05, 3.63) is 48.5 Å². The van der Waals surface area contributed by atoms with Crippen molar-refractivity contribution in [1.82, 2.24) is 19.5 Å². The first kappa shape index (κ1) is 16.8. The maximum Gasteiger partial charge on any atom is 0.239 e. The molecule has 0 aliphatic carbocycles. The Hall–Kier alpha value is -2.67. The van der Waals surface area contributed by atoms with E-state index in [2.05, 4.69) is 20.3 Å². The van der Waals surface area contributed by atoms with Crippen LogP contribution in [0, 0.1) is 5.82 Å². The molecule has 0 spiro atoms. The Morgan fingerprint density at radius 2 is 2.04 bits per heavy atom. The van der Waals surface area contributed by atoms with E-state index in [1.54, 1.807) is 29.0 Å². The van der Waals surface area contributed by atoms with Gasteiger partial charge in [0.1, 0.15) is 11.6 Å². The summed E-state index contributed by atoms with van der Waals surface area (Å²) in [5.41, 5.74) is 1.60. The van der Waals surface area contributed by atoms with Crippen LogP contribution in [-0.2, 0) is 0 Å². The molecule has 1 saturated heterocycles. The zero-order chi connectivity index (χ0) is 17.8. The summed E-state index contributed by atoms with van der Waals surface area (Å²) in [5, 5.41) is 7.82. The molecule has 3 aromatic rings. The minimum absolute atomic E-state index is 0.342. The number of nitrogens with zero attached hydrogens (tertiary/aromatic N) is 4. The molecule has 0 radical (unpaired) electrons. The maximum absolute atomic E-state index is 13.4. The van der Waals surface area contributed by atoms with Crippen LogP contribution >= 0.6 is 0 Å². The first-order valence-electron chi connectivity index (χ1n) is 9.02. The molecule has 0 unspecified atom stereocenters. The summed E-state index contributed by atoms with van der Waals surface area (Å²) in [5.74, 6) is 0.462. The molecule has 1 aliphatic rings. The fourth-order valence-electron chi connectivity index (χ4n) is 3.26. The van der Waals surface area contributed by atoms with Gasteiger partial charge in [-0.25, -0.2) is 13.9 Å². The summed E-state index contributed by atoms with van der Waals surface area (Å²) in [6.45, 7) is 4.16. The van der Waals surface area contributed by atoms with Crippen LogP contribution in [0.4, 0.5) is 10.1 Å². The van der Waals surface area contributed by atoms with Gasteiger partial charge in [-0.1, -0.05) is 12.5 Å². The Balaban J connectivity index is 1.49. The molecular formula is C19H22FN5O. The van der Waals surface area contributed by atoms with Crippen molar-refractivity contribution in [1.29, 1.82) is 0 Å². The van der Waals surface area contributed by atoms with E-state index in [1.807, 2.05) is 6.07 Å². The van der Waals surface area contributed by atoms with E-state index < -0.39 is 0 Å². The molecule has 0 amide bonds. The number of aromatic nitrogens is 3. The Morgan fingerprint density at radius 3 is 2.88 bits per heavy atom. The van der Waals surface area contributed by atoms with Crippen LogP contribution < -0.4 is 10.1 Å². The third-order valence-electron chi connectivity index (χ3n) is 4.55. The molecule has 26 heavy (non-hydrogen) atoms. The van der Waals surface area contributed by atoms with Gasteiger partial charge in [-0.15, -0.1) is 5.10 Å². The first-order valence-corrected chi connectivity index (χ1v) is 9.02. The van der Waals surface area contributed by atoms with Crippen molar-refractivity contribution in [2.45, 2.75) is 19.3 Å². The van der Waals surface area contributed by atoms with E-state index in [-0.39, 0.29) is 5.82 Å². The number of halogens is 1. The number of likely N-dealkylation sites (tertiary alicyclic amines) is 1. The Kier molecular flexibility index (Phi) is 4.97. The zero-order valence-corrected chi connectivity index (χ0v) is 14.6. The molecule has 2 aromatic heterocycles. The molecule has 1 fully saturated rings. The van der Waals surface area contributed by atoms with Crippen molar-refractivity contribution in [3.63, 3.8) is 0 Å². The van der Waals surface area contributed by atoms with Crippen LogP contribution in [0.3, 0.4) is 0 Å². The van der Waals surface area contributed by atoms with Gasteiger partial charge >= 0.3 is 0 Å². The maximum atomic E-state index is 13.4. The number of hydrogen-bond donors (Lipinski definition) is 1. The van der Waals surface area contributed by atoms with Crippen molar-refractivity contribution in [2.24, 2.45) is 0 Å². The van der Waals surface area contributed by atoms with Crippen LogP contribution in [0.15, 0.2) is 42.7 Å². The molecule has 136 valence electrons. The molecule has 1 N–H and O–H groups in total. The Morgan fingerprint density at radius 1 is 1.15 bits per heavy atom. The molecule has 1 aromatic carbocycles. The SMILES string of the molecule is Fc1cccc(Oc2cc(NCCN3CCCCC3)c3nccn3n2)c1. The summed E-state index contributed by atoms with van der Waals surface area (Å²) >= 11 is 0. The number of rotatable bonds is 6. The van der Waals surface area contributed by atoms with Gasteiger partial charge in [0, 0.05) is 37.6 Å². The molecule has 3 heterocycles. The van der Waals surface area contributed by atoms with Crippen molar-refractivity contribution < 1.29 is 9.13 Å². The van der Waals surface area contributed by atoms with Gasteiger partial charge in [-0.2, -0.15) is 0 Å². The van der Waals surface area contributed by atoms with E-state index >= 15 is 0 Å². The lowest BCUT2D eigenvalue weighted by molar-refractivity contribution is 0.237. The summed E-state index contributed by atoms with van der Waals surface area (Å²) in [6, 6.07) is 7.84. The number of fused-ring (bicyclic) bond motifs is 1. The van der Waals surface area contributed by atoms with E-state index in [9.17, 15) is 4.39 Å². The van der Waals surface area contributed by atoms with Crippen LogP contribution in [0.1, 0.15) is 19.3 Å². The molecule has 0 atom stereocenters. The highest BCUT2D eigenvalue weighted by atomic mass is 19.1. The van der Waals surface area contributed by atoms with Crippen molar-refractivity contribution in [3.8, 4) is 11.6 Å². The summed E-state index contributed by atoms with van der Waals surface area (Å²) in [7, 11) is 0. The van der Waals surface area contributed by atoms with Crippen molar-refractivity contribution in [2.75, 3.05) is 31.5 Å². The van der Waals surface area contributed by atoms with Crippen LogP contribution in [0.5, 0.6) is 11.6 Å². The summed E-state index contributed by atoms with van der Waals surface area (Å²) in [4.78, 5) is 6.83. The highest BCUT2D eigenvalue weighted by molar-refractivity contribution is 5.68. The monoisotopic (exact) mass is 355 g/mol. The van der Waals surface area contributed by atoms with Gasteiger partial charge in [-0.05, 0) is 38.1 Å². The van der Waals surface area contributed by atoms with Gasteiger partial charge in [-0.3, -0.25) is 0 Å². The normalized spacial score (nSPS) is 15.3. The minimum atomic E-state index is -0.342. The lowest BCUT2D eigenvalue weighted by Crippen LogP contribution is -2.33. The average Bonchev–Trinajstić information content (AvgIpc) is 3.11. The zero-order valence-electron chi connectivity index (χ0n) is 14.6. The summed E-state index contributed by atoms with van der Waals surface area (Å²) < 4.78 is 20.8. The number of benzene rings is 1. The predicted octanol–water partition coefficient (Wildman–Crippen LogP) is 3.56. The number of anilines is 1. The fraction of sp³-hybridized carbons (Fsp3) is 0.368. The Labute approximate surface area is 151 Å². The average molecular weight is 355 g/mol. The van der Waals surface area contributed by atoms with Crippen LogP contribution in [-0.4, -0.2) is 45.7 Å². The quantitative estimate of drug-likeness (QED) is 0.733. The molecular weight excluding hydrogens is 333 g/mol. The minimum Gasteiger partial charge on any atom is -0.437 e.